The topological polar surface area (TPSA) is 88.3 Å². The molecule has 0 radical (unpaired) electrons. The molecule has 1 aromatic heterocycles. The van der Waals surface area contributed by atoms with Crippen LogP contribution in [0.5, 0.6) is 5.75 Å². The summed E-state index contributed by atoms with van der Waals surface area (Å²) >= 11 is 5.79. The molecule has 0 spiro atoms. The lowest BCUT2D eigenvalue weighted by Gasteiger charge is -2.09. The van der Waals surface area contributed by atoms with Gasteiger partial charge in [-0.2, -0.15) is 0 Å². The fourth-order valence-corrected chi connectivity index (χ4v) is 2.39. The standard InChI is InChI=1S/C20H23ClN2O4/c1-13(2)12-27-19-11-22-16(9-18(19)25)10-23-20(26)8-7-17(24)14-3-5-15(21)6-4-14/h3-6,9,11,13H,7-8,10,12H2,1-2H3,(H,22,25)(H,23,26). The van der Waals surface area contributed by atoms with Gasteiger partial charge in [0.1, 0.15) is 0 Å². The average Bonchev–Trinajstić information content (AvgIpc) is 2.64. The number of ether oxygens (including phenoxy) is 1. The Balaban J connectivity index is 1.79. The smallest absolute Gasteiger partial charge is 0.223 e. The van der Waals surface area contributed by atoms with Gasteiger partial charge in [0, 0.05) is 41.4 Å². The maximum absolute atomic E-state index is 12.0. The summed E-state index contributed by atoms with van der Waals surface area (Å²) in [6.07, 6.45) is 1.67. The van der Waals surface area contributed by atoms with E-state index in [1.807, 2.05) is 13.8 Å². The lowest BCUT2D eigenvalue weighted by molar-refractivity contribution is -0.121. The first-order valence-electron chi connectivity index (χ1n) is 8.75. The van der Waals surface area contributed by atoms with Crippen LogP contribution in [0.3, 0.4) is 0 Å². The molecule has 1 aromatic carbocycles. The Bertz CT molecular complexity index is 844. The van der Waals surface area contributed by atoms with Crippen LogP contribution in [0.25, 0.3) is 0 Å². The first kappa shape index (κ1) is 20.7. The van der Waals surface area contributed by atoms with Crippen LogP contribution in [-0.4, -0.2) is 23.3 Å². The second kappa shape index (κ2) is 9.92. The minimum absolute atomic E-state index is 0.0707. The maximum Gasteiger partial charge on any atom is 0.223 e. The molecule has 0 atom stereocenters. The number of halogens is 1. The predicted octanol–water partition coefficient (Wildman–Crippen LogP) is 3.34. The number of nitrogens with one attached hydrogen (secondary N) is 2. The minimum Gasteiger partial charge on any atom is -0.488 e. The van der Waals surface area contributed by atoms with Gasteiger partial charge in [-0.15, -0.1) is 0 Å². The average molecular weight is 391 g/mol. The number of Topliss-reactive ketones (excluding diaryl/α,β-unsaturated/α-hetero) is 1. The first-order chi connectivity index (χ1) is 12.8. The Hall–Kier alpha value is -2.60. The van der Waals surface area contributed by atoms with E-state index in [1.54, 1.807) is 24.3 Å². The Morgan fingerprint density at radius 3 is 2.52 bits per heavy atom. The highest BCUT2D eigenvalue weighted by atomic mass is 35.5. The van der Waals surface area contributed by atoms with Crippen molar-refractivity contribution in [2.24, 2.45) is 5.92 Å². The SMILES string of the molecule is CC(C)COc1c[nH]c(CNC(=O)CCC(=O)c2ccc(Cl)cc2)cc1=O. The second-order valence-electron chi connectivity index (χ2n) is 6.60. The molecule has 0 aliphatic heterocycles. The molecule has 0 saturated carbocycles. The van der Waals surface area contributed by atoms with Crippen LogP contribution in [0.15, 0.2) is 41.3 Å². The van der Waals surface area contributed by atoms with Crippen molar-refractivity contribution in [3.8, 4) is 5.75 Å². The predicted molar refractivity (Wildman–Crippen MR) is 104 cm³/mol. The lowest BCUT2D eigenvalue weighted by Crippen LogP contribution is -2.24. The highest BCUT2D eigenvalue weighted by Crippen LogP contribution is 2.12. The van der Waals surface area contributed by atoms with Crippen molar-refractivity contribution >= 4 is 23.3 Å². The monoisotopic (exact) mass is 390 g/mol. The van der Waals surface area contributed by atoms with E-state index in [2.05, 4.69) is 10.3 Å². The van der Waals surface area contributed by atoms with Crippen LogP contribution in [0.2, 0.25) is 5.02 Å². The highest BCUT2D eigenvalue weighted by Gasteiger charge is 2.10. The summed E-state index contributed by atoms with van der Waals surface area (Å²) in [5.74, 6) is 0.187. The van der Waals surface area contributed by atoms with Gasteiger partial charge in [0.2, 0.25) is 11.3 Å². The fraction of sp³-hybridized carbons (Fsp3) is 0.350. The van der Waals surface area contributed by atoms with E-state index >= 15 is 0 Å². The van der Waals surface area contributed by atoms with Gasteiger partial charge in [-0.05, 0) is 30.2 Å². The largest absolute Gasteiger partial charge is 0.488 e. The van der Waals surface area contributed by atoms with E-state index in [0.29, 0.717) is 28.8 Å². The normalized spacial score (nSPS) is 10.7. The maximum atomic E-state index is 12.0. The first-order valence-corrected chi connectivity index (χ1v) is 9.13. The molecule has 0 fully saturated rings. The Morgan fingerprint density at radius 1 is 1.19 bits per heavy atom. The zero-order chi connectivity index (χ0) is 19.8. The van der Waals surface area contributed by atoms with E-state index in [1.165, 1.54) is 12.3 Å². The third-order valence-corrected chi connectivity index (χ3v) is 3.98. The number of aromatic amines is 1. The number of benzene rings is 1. The molecule has 0 bridgehead atoms. The van der Waals surface area contributed by atoms with E-state index < -0.39 is 0 Å². The Morgan fingerprint density at radius 2 is 1.89 bits per heavy atom. The minimum atomic E-state index is -0.265. The lowest BCUT2D eigenvalue weighted by atomic mass is 10.1. The molecule has 144 valence electrons. The molecule has 27 heavy (non-hydrogen) atoms. The van der Waals surface area contributed by atoms with Gasteiger partial charge in [0.25, 0.3) is 0 Å². The summed E-state index contributed by atoms with van der Waals surface area (Å²) in [5, 5.41) is 3.24. The third-order valence-electron chi connectivity index (χ3n) is 3.73. The summed E-state index contributed by atoms with van der Waals surface area (Å²) < 4.78 is 5.42. The van der Waals surface area contributed by atoms with Crippen molar-refractivity contribution in [1.82, 2.24) is 10.3 Å². The van der Waals surface area contributed by atoms with Gasteiger partial charge in [-0.25, -0.2) is 0 Å². The van der Waals surface area contributed by atoms with Crippen molar-refractivity contribution in [3.05, 3.63) is 63.0 Å². The zero-order valence-corrected chi connectivity index (χ0v) is 16.1. The van der Waals surface area contributed by atoms with Gasteiger partial charge < -0.3 is 15.0 Å². The number of hydrogen-bond acceptors (Lipinski definition) is 4. The van der Waals surface area contributed by atoms with Crippen molar-refractivity contribution in [1.29, 1.82) is 0 Å². The third kappa shape index (κ3) is 6.90. The van der Waals surface area contributed by atoms with Crippen LogP contribution in [0.1, 0.15) is 42.7 Å². The number of pyridine rings is 1. The molecule has 0 unspecified atom stereocenters. The Labute approximate surface area is 162 Å². The van der Waals surface area contributed by atoms with Crippen molar-refractivity contribution in [2.75, 3.05) is 6.61 Å². The van der Waals surface area contributed by atoms with Crippen molar-refractivity contribution in [2.45, 2.75) is 33.2 Å². The molecule has 2 rings (SSSR count). The van der Waals surface area contributed by atoms with Gasteiger partial charge >= 0.3 is 0 Å². The summed E-state index contributed by atoms with van der Waals surface area (Å²) in [6.45, 7) is 4.63. The van der Waals surface area contributed by atoms with Gasteiger partial charge in [0.05, 0.1) is 13.2 Å². The molecule has 0 saturated heterocycles. The number of rotatable bonds is 9. The fourth-order valence-electron chi connectivity index (χ4n) is 2.26. The van der Waals surface area contributed by atoms with Gasteiger partial charge in [0.15, 0.2) is 11.5 Å². The molecule has 2 aromatic rings. The van der Waals surface area contributed by atoms with Gasteiger partial charge in [-0.3, -0.25) is 14.4 Å². The molecule has 0 aliphatic rings. The van der Waals surface area contributed by atoms with Gasteiger partial charge in [-0.1, -0.05) is 25.4 Å². The highest BCUT2D eigenvalue weighted by molar-refractivity contribution is 6.30. The Kier molecular flexibility index (Phi) is 7.61. The van der Waals surface area contributed by atoms with E-state index in [0.717, 1.165) is 0 Å². The van der Waals surface area contributed by atoms with Crippen molar-refractivity contribution < 1.29 is 14.3 Å². The van der Waals surface area contributed by atoms with Crippen molar-refractivity contribution in [3.63, 3.8) is 0 Å². The number of ketones is 1. The number of H-pyrrole nitrogens is 1. The zero-order valence-electron chi connectivity index (χ0n) is 15.4. The summed E-state index contributed by atoms with van der Waals surface area (Å²) in [4.78, 5) is 38.9. The molecular weight excluding hydrogens is 368 g/mol. The summed E-state index contributed by atoms with van der Waals surface area (Å²) in [6, 6.07) is 7.95. The number of aromatic nitrogens is 1. The number of amides is 1. The molecule has 6 nitrogen and oxygen atoms in total. The van der Waals surface area contributed by atoms with E-state index in [4.69, 9.17) is 16.3 Å². The number of hydrogen-bond donors (Lipinski definition) is 2. The molecule has 1 amide bonds. The van der Waals surface area contributed by atoms with E-state index in [9.17, 15) is 14.4 Å². The molecule has 7 heteroatoms. The van der Waals surface area contributed by atoms with Crippen LogP contribution in [0, 0.1) is 5.92 Å². The molecular formula is C20H23ClN2O4. The van der Waals surface area contributed by atoms with Crippen LogP contribution in [-0.2, 0) is 11.3 Å². The molecule has 2 N–H and O–H groups in total. The van der Waals surface area contributed by atoms with Crippen LogP contribution >= 0.6 is 11.6 Å². The summed E-state index contributed by atoms with van der Waals surface area (Å²) in [7, 11) is 0. The number of carbonyl (C=O) groups excluding carboxylic acids is 2. The molecule has 0 aliphatic carbocycles. The quantitative estimate of drug-likeness (QED) is 0.643. The summed E-state index contributed by atoms with van der Waals surface area (Å²) in [5.41, 5.74) is 0.847. The van der Waals surface area contributed by atoms with E-state index in [-0.39, 0.29) is 42.3 Å². The van der Waals surface area contributed by atoms with Crippen LogP contribution in [0.4, 0.5) is 0 Å². The second-order valence-corrected chi connectivity index (χ2v) is 7.03. The molecule has 1 heterocycles. The van der Waals surface area contributed by atoms with Crippen LogP contribution < -0.4 is 15.5 Å². The number of carbonyl (C=O) groups is 2.